The average Bonchev–Trinajstić information content (AvgIpc) is 2.72. The van der Waals surface area contributed by atoms with Crippen LogP contribution in [0.2, 0.25) is 0 Å². The maximum absolute atomic E-state index is 12.9. The van der Waals surface area contributed by atoms with E-state index in [4.69, 9.17) is 0 Å². The summed E-state index contributed by atoms with van der Waals surface area (Å²) in [5.74, 6) is -0.852. The second-order valence-corrected chi connectivity index (χ2v) is 6.40. The lowest BCUT2D eigenvalue weighted by atomic mass is 10.0. The lowest BCUT2D eigenvalue weighted by Gasteiger charge is -2.35. The summed E-state index contributed by atoms with van der Waals surface area (Å²) in [6.45, 7) is 7.13. The van der Waals surface area contributed by atoms with E-state index in [0.29, 0.717) is 6.54 Å². The zero-order valence-electron chi connectivity index (χ0n) is 13.3. The maximum Gasteiger partial charge on any atom is 0.326 e. The summed E-state index contributed by atoms with van der Waals surface area (Å²) in [6, 6.07) is -0.583. The van der Waals surface area contributed by atoms with Crippen LogP contribution in [0.3, 0.4) is 0 Å². The summed E-state index contributed by atoms with van der Waals surface area (Å²) < 4.78 is 0. The molecule has 2 amide bonds. The number of urea groups is 1. The number of amides is 2. The van der Waals surface area contributed by atoms with Crippen molar-refractivity contribution < 1.29 is 14.7 Å². The van der Waals surface area contributed by atoms with Gasteiger partial charge >= 0.3 is 12.0 Å². The van der Waals surface area contributed by atoms with Crippen LogP contribution >= 0.6 is 0 Å². The predicted octanol–water partition coefficient (Wildman–Crippen LogP) is 1.32. The number of likely N-dealkylation sites (N-methyl/N-ethyl adjacent to an activating group) is 1. The third-order valence-corrected chi connectivity index (χ3v) is 4.82. The smallest absolute Gasteiger partial charge is 0.326 e. The molecule has 2 rings (SSSR count). The summed E-state index contributed by atoms with van der Waals surface area (Å²) in [5, 5.41) is 9.40. The first-order valence-electron chi connectivity index (χ1n) is 7.94. The molecule has 120 valence electrons. The fourth-order valence-corrected chi connectivity index (χ4v) is 3.55. The minimum absolute atomic E-state index is 0.0289. The second kappa shape index (κ2) is 6.64. The number of nitrogens with zero attached hydrogens (tertiary/aromatic N) is 3. The van der Waals surface area contributed by atoms with Crippen molar-refractivity contribution in [2.75, 3.05) is 33.2 Å². The molecule has 3 unspecified atom stereocenters. The maximum atomic E-state index is 12.9. The Labute approximate surface area is 126 Å². The lowest BCUT2D eigenvalue weighted by Crippen LogP contribution is -2.53. The van der Waals surface area contributed by atoms with Crippen LogP contribution in [0.5, 0.6) is 0 Å². The fourth-order valence-electron chi connectivity index (χ4n) is 3.55. The highest BCUT2D eigenvalue weighted by Gasteiger charge is 2.42. The minimum atomic E-state index is -0.881. The van der Waals surface area contributed by atoms with E-state index in [1.807, 2.05) is 11.8 Å². The number of carboxylic acids is 1. The molecule has 0 aromatic rings. The molecule has 6 nitrogen and oxygen atoms in total. The van der Waals surface area contributed by atoms with E-state index in [0.717, 1.165) is 38.9 Å². The van der Waals surface area contributed by atoms with Crippen molar-refractivity contribution in [1.29, 1.82) is 0 Å². The van der Waals surface area contributed by atoms with Crippen LogP contribution in [0, 0.1) is 5.92 Å². The molecule has 2 aliphatic rings. The largest absolute Gasteiger partial charge is 0.480 e. The summed E-state index contributed by atoms with van der Waals surface area (Å²) >= 11 is 0. The summed E-state index contributed by atoms with van der Waals surface area (Å²) in [6.07, 6.45) is 2.62. The molecule has 6 heteroatoms. The predicted molar refractivity (Wildman–Crippen MR) is 80.2 cm³/mol. The van der Waals surface area contributed by atoms with Gasteiger partial charge in [-0.2, -0.15) is 0 Å². The molecular formula is C15H27N3O3. The number of hydrogen-bond donors (Lipinski definition) is 1. The van der Waals surface area contributed by atoms with Crippen molar-refractivity contribution >= 4 is 12.0 Å². The van der Waals surface area contributed by atoms with Crippen LogP contribution in [0.15, 0.2) is 0 Å². The molecule has 0 radical (unpaired) electrons. The highest BCUT2D eigenvalue weighted by atomic mass is 16.4. The van der Waals surface area contributed by atoms with Crippen molar-refractivity contribution in [2.24, 2.45) is 5.92 Å². The standard InChI is InChI=1S/C15H27N3O3/c1-4-12-10-16(3)7-5-8-17(12)15(21)18-9-6-11(2)13(18)14(19)20/h11-13H,4-10H2,1-3H3,(H,19,20). The van der Waals surface area contributed by atoms with Crippen LogP contribution in [-0.2, 0) is 4.79 Å². The number of aliphatic carboxylic acids is 1. The first-order valence-corrected chi connectivity index (χ1v) is 7.94. The molecule has 2 fully saturated rings. The van der Waals surface area contributed by atoms with Crippen LogP contribution in [0.25, 0.3) is 0 Å². The normalized spacial score (nSPS) is 31.3. The number of carboxylic acid groups (broad SMARTS) is 1. The van der Waals surface area contributed by atoms with Gasteiger partial charge in [-0.25, -0.2) is 9.59 Å². The van der Waals surface area contributed by atoms with Crippen LogP contribution in [0.4, 0.5) is 4.79 Å². The van der Waals surface area contributed by atoms with Gasteiger partial charge in [0.15, 0.2) is 0 Å². The third-order valence-electron chi connectivity index (χ3n) is 4.82. The molecule has 2 saturated heterocycles. The zero-order valence-corrected chi connectivity index (χ0v) is 13.3. The Hall–Kier alpha value is -1.30. The summed E-state index contributed by atoms with van der Waals surface area (Å²) in [5.41, 5.74) is 0. The monoisotopic (exact) mass is 297 g/mol. The Morgan fingerprint density at radius 3 is 2.52 bits per heavy atom. The van der Waals surface area contributed by atoms with Gasteiger partial charge in [-0.05, 0) is 38.8 Å². The van der Waals surface area contributed by atoms with Gasteiger partial charge in [0.2, 0.25) is 0 Å². The van der Waals surface area contributed by atoms with Gasteiger partial charge in [0.05, 0.1) is 0 Å². The van der Waals surface area contributed by atoms with Crippen molar-refractivity contribution in [1.82, 2.24) is 14.7 Å². The van der Waals surface area contributed by atoms with Gasteiger partial charge in [-0.3, -0.25) is 0 Å². The highest BCUT2D eigenvalue weighted by molar-refractivity contribution is 5.83. The molecular weight excluding hydrogens is 270 g/mol. The summed E-state index contributed by atoms with van der Waals surface area (Å²) in [4.78, 5) is 30.0. The van der Waals surface area contributed by atoms with Gasteiger partial charge in [-0.1, -0.05) is 13.8 Å². The van der Waals surface area contributed by atoms with Crippen LogP contribution in [0.1, 0.15) is 33.1 Å². The number of likely N-dealkylation sites (tertiary alicyclic amines) is 1. The zero-order chi connectivity index (χ0) is 15.6. The Morgan fingerprint density at radius 1 is 1.19 bits per heavy atom. The van der Waals surface area contributed by atoms with E-state index >= 15 is 0 Å². The van der Waals surface area contributed by atoms with Gasteiger partial charge in [-0.15, -0.1) is 0 Å². The Morgan fingerprint density at radius 2 is 1.90 bits per heavy atom. The van der Waals surface area contributed by atoms with Gasteiger partial charge < -0.3 is 19.8 Å². The number of hydrogen-bond acceptors (Lipinski definition) is 3. The minimum Gasteiger partial charge on any atom is -0.480 e. The molecule has 3 atom stereocenters. The molecule has 0 spiro atoms. The molecule has 0 saturated carbocycles. The SMILES string of the molecule is CCC1CN(C)CCCN1C(=O)N1CCC(C)C1C(=O)O. The number of carbonyl (C=O) groups is 2. The van der Waals surface area contributed by atoms with Gasteiger partial charge in [0.25, 0.3) is 0 Å². The molecule has 21 heavy (non-hydrogen) atoms. The average molecular weight is 297 g/mol. The first kappa shape index (κ1) is 16.1. The van der Waals surface area contributed by atoms with Crippen LogP contribution < -0.4 is 0 Å². The molecule has 2 heterocycles. The van der Waals surface area contributed by atoms with E-state index in [2.05, 4.69) is 18.9 Å². The van der Waals surface area contributed by atoms with E-state index in [1.54, 1.807) is 4.90 Å². The van der Waals surface area contributed by atoms with Crippen molar-refractivity contribution in [2.45, 2.75) is 45.2 Å². The van der Waals surface area contributed by atoms with Crippen molar-refractivity contribution in [3.8, 4) is 0 Å². The number of rotatable bonds is 2. The Kier molecular flexibility index (Phi) is 5.08. The third kappa shape index (κ3) is 3.31. The highest BCUT2D eigenvalue weighted by Crippen LogP contribution is 2.26. The molecule has 0 bridgehead atoms. The quantitative estimate of drug-likeness (QED) is 0.835. The second-order valence-electron chi connectivity index (χ2n) is 6.40. The van der Waals surface area contributed by atoms with Crippen molar-refractivity contribution in [3.05, 3.63) is 0 Å². The lowest BCUT2D eigenvalue weighted by molar-refractivity contribution is -0.142. The molecule has 0 aromatic heterocycles. The molecule has 2 aliphatic heterocycles. The first-order chi connectivity index (χ1) is 9.95. The van der Waals surface area contributed by atoms with Crippen LogP contribution in [-0.4, -0.2) is 77.1 Å². The topological polar surface area (TPSA) is 64.1 Å². The summed E-state index contributed by atoms with van der Waals surface area (Å²) in [7, 11) is 2.08. The van der Waals surface area contributed by atoms with Gasteiger partial charge in [0, 0.05) is 25.7 Å². The van der Waals surface area contributed by atoms with E-state index in [-0.39, 0.29) is 18.0 Å². The number of carbonyl (C=O) groups excluding carboxylic acids is 1. The Balaban J connectivity index is 2.15. The Bertz CT molecular complexity index is 402. The fraction of sp³-hybridized carbons (Fsp3) is 0.867. The van der Waals surface area contributed by atoms with E-state index in [1.165, 1.54) is 0 Å². The van der Waals surface area contributed by atoms with E-state index in [9.17, 15) is 14.7 Å². The molecule has 0 aromatic carbocycles. The molecule has 0 aliphatic carbocycles. The van der Waals surface area contributed by atoms with E-state index < -0.39 is 12.0 Å². The van der Waals surface area contributed by atoms with Crippen molar-refractivity contribution in [3.63, 3.8) is 0 Å². The van der Waals surface area contributed by atoms with Gasteiger partial charge in [0.1, 0.15) is 6.04 Å². The molecule has 1 N–H and O–H groups in total.